The summed E-state index contributed by atoms with van der Waals surface area (Å²) in [5.41, 5.74) is -0.206. The van der Waals surface area contributed by atoms with Gasteiger partial charge in [0.1, 0.15) is 5.75 Å². The maximum absolute atomic E-state index is 12.9. The predicted molar refractivity (Wildman–Crippen MR) is 97.8 cm³/mol. The smallest absolute Gasteiger partial charge is 0.328 e. The van der Waals surface area contributed by atoms with E-state index in [-0.39, 0.29) is 17.3 Å². The zero-order chi connectivity index (χ0) is 17.6. The Kier molecular flexibility index (Phi) is 4.33. The van der Waals surface area contributed by atoms with E-state index >= 15 is 0 Å². The second kappa shape index (κ2) is 6.50. The Labute approximate surface area is 150 Å². The molecule has 1 aliphatic carbocycles. The van der Waals surface area contributed by atoms with Crippen LogP contribution in [0.4, 0.5) is 0 Å². The Morgan fingerprint density at radius 1 is 1.24 bits per heavy atom. The summed E-state index contributed by atoms with van der Waals surface area (Å²) >= 11 is 6.16. The molecule has 2 heterocycles. The van der Waals surface area contributed by atoms with E-state index in [1.165, 1.54) is 30.9 Å². The molecule has 0 radical (unpaired) electrons. The minimum Gasteiger partial charge on any atom is -0.495 e. The fourth-order valence-electron chi connectivity index (χ4n) is 3.89. The molecule has 2 fully saturated rings. The highest BCUT2D eigenvalue weighted by molar-refractivity contribution is 6.32. The molecular weight excluding hydrogens is 342 g/mol. The number of H-pyrrole nitrogens is 1. The van der Waals surface area contributed by atoms with Crippen LogP contribution in [0.15, 0.2) is 21.7 Å². The summed E-state index contributed by atoms with van der Waals surface area (Å²) in [4.78, 5) is 30.7. The third-order valence-electron chi connectivity index (χ3n) is 5.34. The normalized spacial score (nSPS) is 21.6. The van der Waals surface area contributed by atoms with Gasteiger partial charge >= 0.3 is 5.69 Å². The van der Waals surface area contributed by atoms with Crippen LogP contribution in [-0.2, 0) is 6.54 Å². The van der Waals surface area contributed by atoms with E-state index in [2.05, 4.69) is 9.88 Å². The second-order valence-electron chi connectivity index (χ2n) is 7.00. The number of aromatic nitrogens is 2. The van der Waals surface area contributed by atoms with E-state index in [9.17, 15) is 9.59 Å². The van der Waals surface area contributed by atoms with Crippen LogP contribution in [0.5, 0.6) is 5.75 Å². The minimum absolute atomic E-state index is 0.256. The number of fused-ring (bicyclic) bond motifs is 1. The average Bonchev–Trinajstić information content (AvgIpc) is 3.44. The Balaban J connectivity index is 1.74. The summed E-state index contributed by atoms with van der Waals surface area (Å²) in [6.07, 6.45) is 5.84. The molecule has 7 heteroatoms. The van der Waals surface area contributed by atoms with Gasteiger partial charge in [0.05, 0.1) is 23.0 Å². The van der Waals surface area contributed by atoms with Crippen molar-refractivity contribution in [1.29, 1.82) is 0 Å². The lowest BCUT2D eigenvalue weighted by Crippen LogP contribution is -2.47. The number of likely N-dealkylation sites (tertiary alicyclic amines) is 1. The van der Waals surface area contributed by atoms with Gasteiger partial charge in [-0.3, -0.25) is 14.3 Å². The van der Waals surface area contributed by atoms with Crippen molar-refractivity contribution in [3.05, 3.63) is 38.0 Å². The molecule has 0 amide bonds. The Morgan fingerprint density at radius 3 is 2.76 bits per heavy atom. The molecule has 1 unspecified atom stereocenters. The highest BCUT2D eigenvalue weighted by Gasteiger charge is 2.35. The van der Waals surface area contributed by atoms with Crippen molar-refractivity contribution in [3.8, 4) is 5.75 Å². The summed E-state index contributed by atoms with van der Waals surface area (Å²) in [6, 6.07) is 4.07. The molecule has 1 N–H and O–H groups in total. The molecule has 2 aliphatic rings. The number of methoxy groups -OCH3 is 1. The fraction of sp³-hybridized carbons (Fsp3) is 0.556. The first-order valence-corrected chi connectivity index (χ1v) is 9.22. The molecular formula is C18H22ClN3O3. The van der Waals surface area contributed by atoms with E-state index < -0.39 is 0 Å². The maximum atomic E-state index is 12.9. The number of nitrogens with one attached hydrogen (secondary N) is 1. The van der Waals surface area contributed by atoms with Gasteiger partial charge in [0.15, 0.2) is 0 Å². The van der Waals surface area contributed by atoms with Crippen LogP contribution in [0.2, 0.25) is 5.02 Å². The summed E-state index contributed by atoms with van der Waals surface area (Å²) in [7, 11) is 1.50. The molecule has 2 aromatic rings. The van der Waals surface area contributed by atoms with E-state index in [1.807, 2.05) is 0 Å². The number of hydrogen-bond acceptors (Lipinski definition) is 4. The fourth-order valence-corrected chi connectivity index (χ4v) is 4.13. The van der Waals surface area contributed by atoms with Crippen LogP contribution in [0, 0.1) is 0 Å². The highest BCUT2D eigenvalue weighted by atomic mass is 35.5. The lowest BCUT2D eigenvalue weighted by molar-refractivity contribution is 0.122. The standard InChI is InChI=1S/C18H22ClN3O3/c1-25-16-9-15-13(8-14(16)19)17(23)22(18(24)20-15)10-12-4-2-3-7-21(12)11-5-6-11/h8-9,11-12H,2-7,10H2,1H3,(H,20,24). The molecule has 0 spiro atoms. The number of rotatable bonds is 4. The molecule has 1 atom stereocenters. The molecule has 4 rings (SSSR count). The maximum Gasteiger partial charge on any atom is 0.328 e. The summed E-state index contributed by atoms with van der Waals surface area (Å²) in [5, 5.41) is 0.780. The predicted octanol–water partition coefficient (Wildman–Crippen LogP) is 2.37. The molecule has 1 aromatic heterocycles. The zero-order valence-corrected chi connectivity index (χ0v) is 15.0. The monoisotopic (exact) mass is 363 g/mol. The van der Waals surface area contributed by atoms with Crippen LogP contribution in [0.1, 0.15) is 32.1 Å². The van der Waals surface area contributed by atoms with Crippen molar-refractivity contribution in [2.45, 2.75) is 50.7 Å². The van der Waals surface area contributed by atoms with Crippen molar-refractivity contribution < 1.29 is 4.74 Å². The van der Waals surface area contributed by atoms with E-state index in [0.29, 0.717) is 34.3 Å². The third kappa shape index (κ3) is 3.09. The van der Waals surface area contributed by atoms with Gasteiger partial charge in [0.2, 0.25) is 0 Å². The second-order valence-corrected chi connectivity index (χ2v) is 7.40. The lowest BCUT2D eigenvalue weighted by atomic mass is 10.0. The summed E-state index contributed by atoms with van der Waals surface area (Å²) in [6.45, 7) is 1.50. The Hall–Kier alpha value is -1.79. The molecule has 1 saturated heterocycles. The SMILES string of the molecule is COc1cc2[nH]c(=O)n(CC3CCCCN3C3CC3)c(=O)c2cc1Cl. The summed E-state index contributed by atoms with van der Waals surface area (Å²) < 4.78 is 6.49. The first-order valence-electron chi connectivity index (χ1n) is 8.84. The van der Waals surface area contributed by atoms with Gasteiger partial charge in [0.25, 0.3) is 5.56 Å². The Morgan fingerprint density at radius 2 is 2.04 bits per heavy atom. The van der Waals surface area contributed by atoms with Gasteiger partial charge in [-0.1, -0.05) is 18.0 Å². The Bertz CT molecular complexity index is 916. The molecule has 1 aliphatic heterocycles. The largest absolute Gasteiger partial charge is 0.495 e. The summed E-state index contributed by atoms with van der Waals surface area (Å²) in [5.74, 6) is 0.439. The van der Waals surface area contributed by atoms with Crippen molar-refractivity contribution >= 4 is 22.5 Å². The van der Waals surface area contributed by atoms with E-state index in [4.69, 9.17) is 16.3 Å². The van der Waals surface area contributed by atoms with Gasteiger partial charge < -0.3 is 9.72 Å². The van der Waals surface area contributed by atoms with Crippen LogP contribution < -0.4 is 16.0 Å². The minimum atomic E-state index is -0.372. The topological polar surface area (TPSA) is 67.3 Å². The van der Waals surface area contributed by atoms with Crippen molar-refractivity contribution in [1.82, 2.24) is 14.5 Å². The molecule has 25 heavy (non-hydrogen) atoms. The molecule has 0 bridgehead atoms. The molecule has 134 valence electrons. The van der Waals surface area contributed by atoms with Crippen LogP contribution in [0.25, 0.3) is 10.9 Å². The first-order chi connectivity index (χ1) is 12.1. The number of piperidine rings is 1. The zero-order valence-electron chi connectivity index (χ0n) is 14.3. The van der Waals surface area contributed by atoms with Crippen LogP contribution in [0.3, 0.4) is 0 Å². The first kappa shape index (κ1) is 16.7. The van der Waals surface area contributed by atoms with Gasteiger partial charge in [-0.15, -0.1) is 0 Å². The van der Waals surface area contributed by atoms with Crippen molar-refractivity contribution in [3.63, 3.8) is 0 Å². The van der Waals surface area contributed by atoms with Crippen LogP contribution in [-0.4, -0.2) is 40.2 Å². The number of aromatic amines is 1. The molecule has 6 nitrogen and oxygen atoms in total. The number of ether oxygens (including phenoxy) is 1. The number of nitrogens with zero attached hydrogens (tertiary/aromatic N) is 2. The third-order valence-corrected chi connectivity index (χ3v) is 5.63. The lowest BCUT2D eigenvalue weighted by Gasteiger charge is -2.36. The van der Waals surface area contributed by atoms with Crippen molar-refractivity contribution in [2.24, 2.45) is 0 Å². The number of halogens is 1. The van der Waals surface area contributed by atoms with Gasteiger partial charge in [-0.25, -0.2) is 4.79 Å². The van der Waals surface area contributed by atoms with Gasteiger partial charge in [-0.05, 0) is 38.3 Å². The average molecular weight is 364 g/mol. The number of hydrogen-bond donors (Lipinski definition) is 1. The van der Waals surface area contributed by atoms with Crippen LogP contribution >= 0.6 is 11.6 Å². The van der Waals surface area contributed by atoms with Gasteiger partial charge in [-0.2, -0.15) is 0 Å². The quantitative estimate of drug-likeness (QED) is 0.905. The molecule has 1 saturated carbocycles. The van der Waals surface area contributed by atoms with Gasteiger partial charge in [0, 0.05) is 24.7 Å². The van der Waals surface area contributed by atoms with Crippen molar-refractivity contribution in [2.75, 3.05) is 13.7 Å². The number of benzene rings is 1. The highest BCUT2D eigenvalue weighted by Crippen LogP contribution is 2.33. The van der Waals surface area contributed by atoms with E-state index in [0.717, 1.165) is 19.4 Å². The van der Waals surface area contributed by atoms with E-state index in [1.54, 1.807) is 12.1 Å². The molecule has 1 aromatic carbocycles.